The molecular formula is C23H18O4. The Morgan fingerprint density at radius 2 is 1.22 bits per heavy atom. The SMILES string of the molecule is O=c1ccc2cc(OCc3ccccc3)c(OCc3ccccc3)cc2o1. The summed E-state index contributed by atoms with van der Waals surface area (Å²) in [5.74, 6) is 1.15. The molecule has 0 spiro atoms. The number of hydrogen-bond donors (Lipinski definition) is 0. The van der Waals surface area contributed by atoms with Gasteiger partial charge in [0.1, 0.15) is 18.8 Å². The summed E-state index contributed by atoms with van der Waals surface area (Å²) in [6, 6.07) is 26.5. The average molecular weight is 358 g/mol. The Bertz CT molecular complexity index is 1090. The quantitative estimate of drug-likeness (QED) is 0.458. The topological polar surface area (TPSA) is 48.7 Å². The molecule has 0 radical (unpaired) electrons. The molecule has 0 amide bonds. The first-order valence-corrected chi connectivity index (χ1v) is 8.69. The third kappa shape index (κ3) is 4.18. The molecule has 0 saturated heterocycles. The second-order valence-corrected chi connectivity index (χ2v) is 6.14. The van der Waals surface area contributed by atoms with E-state index in [9.17, 15) is 4.79 Å². The van der Waals surface area contributed by atoms with Crippen molar-refractivity contribution in [3.05, 3.63) is 106 Å². The van der Waals surface area contributed by atoms with Crippen molar-refractivity contribution in [3.63, 3.8) is 0 Å². The van der Waals surface area contributed by atoms with Crippen LogP contribution in [0.25, 0.3) is 11.0 Å². The summed E-state index contributed by atoms with van der Waals surface area (Å²) in [5.41, 5.74) is 2.18. The minimum atomic E-state index is -0.394. The fraction of sp³-hybridized carbons (Fsp3) is 0.0870. The van der Waals surface area contributed by atoms with Crippen LogP contribution in [0.3, 0.4) is 0 Å². The fourth-order valence-electron chi connectivity index (χ4n) is 2.77. The zero-order valence-corrected chi connectivity index (χ0v) is 14.6. The van der Waals surface area contributed by atoms with Gasteiger partial charge in [0.15, 0.2) is 11.5 Å². The van der Waals surface area contributed by atoms with Crippen molar-refractivity contribution in [1.29, 1.82) is 0 Å². The molecule has 0 N–H and O–H groups in total. The molecule has 0 aliphatic heterocycles. The van der Waals surface area contributed by atoms with E-state index in [4.69, 9.17) is 13.9 Å². The van der Waals surface area contributed by atoms with Gasteiger partial charge in [0.05, 0.1) is 0 Å². The lowest BCUT2D eigenvalue weighted by atomic mass is 10.2. The minimum absolute atomic E-state index is 0.394. The molecule has 0 unspecified atom stereocenters. The van der Waals surface area contributed by atoms with E-state index in [1.165, 1.54) is 6.07 Å². The first-order valence-electron chi connectivity index (χ1n) is 8.69. The number of fused-ring (bicyclic) bond motifs is 1. The van der Waals surface area contributed by atoms with Gasteiger partial charge in [-0.1, -0.05) is 60.7 Å². The maximum atomic E-state index is 11.5. The van der Waals surface area contributed by atoms with E-state index in [1.807, 2.05) is 66.7 Å². The fourth-order valence-corrected chi connectivity index (χ4v) is 2.77. The lowest BCUT2D eigenvalue weighted by molar-refractivity contribution is 0.256. The third-order valence-electron chi connectivity index (χ3n) is 4.16. The number of rotatable bonds is 6. The molecular weight excluding hydrogens is 340 g/mol. The van der Waals surface area contributed by atoms with Crippen LogP contribution in [0.15, 0.2) is 94.1 Å². The van der Waals surface area contributed by atoms with Crippen LogP contribution < -0.4 is 15.1 Å². The van der Waals surface area contributed by atoms with E-state index in [0.29, 0.717) is 30.3 Å². The highest BCUT2D eigenvalue weighted by Crippen LogP contribution is 2.33. The molecule has 4 heteroatoms. The molecule has 27 heavy (non-hydrogen) atoms. The molecule has 1 heterocycles. The summed E-state index contributed by atoms with van der Waals surface area (Å²) < 4.78 is 17.3. The molecule has 0 aliphatic carbocycles. The van der Waals surface area contributed by atoms with Gasteiger partial charge >= 0.3 is 5.63 Å². The molecule has 0 fully saturated rings. The van der Waals surface area contributed by atoms with Crippen LogP contribution in [0.1, 0.15) is 11.1 Å². The third-order valence-corrected chi connectivity index (χ3v) is 4.16. The Hall–Kier alpha value is -3.53. The second-order valence-electron chi connectivity index (χ2n) is 6.14. The molecule has 4 nitrogen and oxygen atoms in total. The summed E-state index contributed by atoms with van der Waals surface area (Å²) in [5, 5.41) is 0.782. The van der Waals surface area contributed by atoms with Gasteiger partial charge < -0.3 is 13.9 Å². The standard InChI is InChI=1S/C23H18O4/c24-23-12-11-19-13-21(25-15-17-7-3-1-4-8-17)22(14-20(19)27-23)26-16-18-9-5-2-6-10-18/h1-14H,15-16H2. The molecule has 4 aromatic rings. The van der Waals surface area contributed by atoms with Crippen molar-refractivity contribution in [2.45, 2.75) is 13.2 Å². The first-order chi connectivity index (χ1) is 13.3. The lowest BCUT2D eigenvalue weighted by Crippen LogP contribution is -2.01. The lowest BCUT2D eigenvalue weighted by Gasteiger charge is -2.14. The molecule has 3 aromatic carbocycles. The molecule has 134 valence electrons. The summed E-state index contributed by atoms with van der Waals surface area (Å²) in [7, 11) is 0. The van der Waals surface area contributed by atoms with Crippen molar-refractivity contribution in [2.24, 2.45) is 0 Å². The van der Waals surface area contributed by atoms with Crippen LogP contribution in [-0.4, -0.2) is 0 Å². The summed E-state index contributed by atoms with van der Waals surface area (Å²) in [6.07, 6.45) is 0. The minimum Gasteiger partial charge on any atom is -0.485 e. The monoisotopic (exact) mass is 358 g/mol. The molecule has 0 saturated carbocycles. The van der Waals surface area contributed by atoms with Gasteiger partial charge in [-0.15, -0.1) is 0 Å². The van der Waals surface area contributed by atoms with Gasteiger partial charge in [-0.2, -0.15) is 0 Å². The molecule has 0 bridgehead atoms. The van der Waals surface area contributed by atoms with Crippen LogP contribution in [0, 0.1) is 0 Å². The Kier molecular flexibility index (Phi) is 4.88. The second kappa shape index (κ2) is 7.79. The zero-order chi connectivity index (χ0) is 18.5. The van der Waals surface area contributed by atoms with E-state index >= 15 is 0 Å². The number of ether oxygens (including phenoxy) is 2. The summed E-state index contributed by atoms with van der Waals surface area (Å²) in [4.78, 5) is 11.5. The highest BCUT2D eigenvalue weighted by atomic mass is 16.5. The number of hydrogen-bond acceptors (Lipinski definition) is 4. The Labute approximate surface area is 156 Å². The smallest absolute Gasteiger partial charge is 0.336 e. The molecule has 0 atom stereocenters. The van der Waals surface area contributed by atoms with Crippen LogP contribution in [0.5, 0.6) is 11.5 Å². The molecule has 0 aliphatic rings. The Morgan fingerprint density at radius 3 is 1.81 bits per heavy atom. The van der Waals surface area contributed by atoms with Gasteiger partial charge in [0.2, 0.25) is 0 Å². The zero-order valence-electron chi connectivity index (χ0n) is 14.6. The largest absolute Gasteiger partial charge is 0.485 e. The van der Waals surface area contributed by atoms with E-state index in [-0.39, 0.29) is 0 Å². The predicted octanol–water partition coefficient (Wildman–Crippen LogP) is 4.95. The van der Waals surface area contributed by atoms with Gasteiger partial charge in [0.25, 0.3) is 0 Å². The van der Waals surface area contributed by atoms with Gasteiger partial charge in [-0.05, 0) is 23.3 Å². The van der Waals surface area contributed by atoms with Crippen LogP contribution in [0.2, 0.25) is 0 Å². The Morgan fingerprint density at radius 1 is 0.667 bits per heavy atom. The maximum Gasteiger partial charge on any atom is 0.336 e. The van der Waals surface area contributed by atoms with E-state index < -0.39 is 5.63 Å². The van der Waals surface area contributed by atoms with Gasteiger partial charge in [0, 0.05) is 17.5 Å². The van der Waals surface area contributed by atoms with Crippen molar-refractivity contribution < 1.29 is 13.9 Å². The summed E-state index contributed by atoms with van der Waals surface area (Å²) in [6.45, 7) is 0.815. The average Bonchev–Trinajstić information content (AvgIpc) is 2.72. The van der Waals surface area contributed by atoms with Crippen LogP contribution >= 0.6 is 0 Å². The highest BCUT2D eigenvalue weighted by molar-refractivity contribution is 5.80. The highest BCUT2D eigenvalue weighted by Gasteiger charge is 2.11. The van der Waals surface area contributed by atoms with Crippen LogP contribution in [-0.2, 0) is 13.2 Å². The summed E-state index contributed by atoms with van der Waals surface area (Å²) >= 11 is 0. The Balaban J connectivity index is 1.63. The van der Waals surface area contributed by atoms with Crippen molar-refractivity contribution >= 4 is 11.0 Å². The van der Waals surface area contributed by atoms with Gasteiger partial charge in [-0.3, -0.25) is 0 Å². The maximum absolute atomic E-state index is 11.5. The molecule has 4 rings (SSSR count). The van der Waals surface area contributed by atoms with E-state index in [0.717, 1.165) is 16.5 Å². The van der Waals surface area contributed by atoms with E-state index in [2.05, 4.69) is 0 Å². The van der Waals surface area contributed by atoms with E-state index in [1.54, 1.807) is 12.1 Å². The van der Waals surface area contributed by atoms with Crippen molar-refractivity contribution in [1.82, 2.24) is 0 Å². The van der Waals surface area contributed by atoms with Crippen molar-refractivity contribution in [2.75, 3.05) is 0 Å². The first kappa shape index (κ1) is 16.9. The number of benzene rings is 3. The van der Waals surface area contributed by atoms with Gasteiger partial charge in [-0.25, -0.2) is 4.79 Å². The van der Waals surface area contributed by atoms with Crippen molar-refractivity contribution in [3.8, 4) is 11.5 Å². The van der Waals surface area contributed by atoms with Crippen LogP contribution in [0.4, 0.5) is 0 Å². The molecule has 1 aromatic heterocycles. The normalized spacial score (nSPS) is 10.7. The predicted molar refractivity (Wildman–Crippen MR) is 104 cm³/mol.